The SMILES string of the molecule is CCCN(CC#N)C(=O)c1c(O)cccc1O. The summed E-state index contributed by atoms with van der Waals surface area (Å²) in [7, 11) is 0. The number of hydrogen-bond donors (Lipinski definition) is 2. The van der Waals surface area contributed by atoms with Gasteiger partial charge in [-0.1, -0.05) is 13.0 Å². The molecule has 90 valence electrons. The number of rotatable bonds is 4. The number of amides is 1. The number of carbonyl (C=O) groups excluding carboxylic acids is 1. The number of benzene rings is 1. The second-order valence-electron chi connectivity index (χ2n) is 3.56. The molecule has 17 heavy (non-hydrogen) atoms. The summed E-state index contributed by atoms with van der Waals surface area (Å²) in [4.78, 5) is 13.3. The van der Waals surface area contributed by atoms with E-state index in [4.69, 9.17) is 5.26 Å². The molecule has 0 aliphatic carbocycles. The average Bonchev–Trinajstić information content (AvgIpc) is 2.28. The summed E-state index contributed by atoms with van der Waals surface area (Å²) in [5.74, 6) is -1.10. The van der Waals surface area contributed by atoms with Gasteiger partial charge in [0.15, 0.2) is 0 Å². The van der Waals surface area contributed by atoms with Crippen LogP contribution < -0.4 is 0 Å². The topological polar surface area (TPSA) is 84.6 Å². The molecule has 0 saturated heterocycles. The van der Waals surface area contributed by atoms with Gasteiger partial charge in [0.25, 0.3) is 5.91 Å². The fourth-order valence-electron chi connectivity index (χ4n) is 1.51. The van der Waals surface area contributed by atoms with Gasteiger partial charge in [0, 0.05) is 6.54 Å². The molecular formula is C12H14N2O3. The number of carbonyl (C=O) groups is 1. The Morgan fingerprint density at radius 1 is 1.41 bits per heavy atom. The lowest BCUT2D eigenvalue weighted by Gasteiger charge is -2.19. The van der Waals surface area contributed by atoms with Gasteiger partial charge in [-0.05, 0) is 18.6 Å². The third-order valence-electron chi connectivity index (χ3n) is 2.28. The van der Waals surface area contributed by atoms with E-state index in [0.717, 1.165) is 0 Å². The van der Waals surface area contributed by atoms with E-state index in [2.05, 4.69) is 0 Å². The van der Waals surface area contributed by atoms with Crippen LogP contribution in [0.4, 0.5) is 0 Å². The number of hydrogen-bond acceptors (Lipinski definition) is 4. The lowest BCUT2D eigenvalue weighted by Crippen LogP contribution is -2.32. The highest BCUT2D eigenvalue weighted by atomic mass is 16.3. The largest absolute Gasteiger partial charge is 0.507 e. The van der Waals surface area contributed by atoms with E-state index in [1.165, 1.54) is 23.1 Å². The maximum Gasteiger partial charge on any atom is 0.262 e. The normalized spacial score (nSPS) is 9.65. The number of phenols is 2. The zero-order valence-electron chi connectivity index (χ0n) is 9.55. The molecule has 0 fully saturated rings. The molecule has 1 rings (SSSR count). The predicted octanol–water partition coefficient (Wildman–Crippen LogP) is 1.47. The highest BCUT2D eigenvalue weighted by molar-refractivity contribution is 5.99. The van der Waals surface area contributed by atoms with Gasteiger partial charge in [0.05, 0.1) is 6.07 Å². The van der Waals surface area contributed by atoms with Crippen molar-refractivity contribution in [2.75, 3.05) is 13.1 Å². The van der Waals surface area contributed by atoms with Crippen molar-refractivity contribution in [1.82, 2.24) is 4.90 Å². The number of nitriles is 1. The molecule has 0 aromatic heterocycles. The fourth-order valence-corrected chi connectivity index (χ4v) is 1.51. The van der Waals surface area contributed by atoms with Gasteiger partial charge in [0.2, 0.25) is 0 Å². The minimum Gasteiger partial charge on any atom is -0.507 e. The molecule has 0 aliphatic heterocycles. The number of phenolic OH excluding ortho intramolecular Hbond substituents is 2. The molecule has 5 nitrogen and oxygen atoms in total. The molecule has 2 N–H and O–H groups in total. The van der Waals surface area contributed by atoms with Crippen molar-refractivity contribution < 1.29 is 15.0 Å². The van der Waals surface area contributed by atoms with Crippen LogP contribution in [-0.2, 0) is 0 Å². The zero-order valence-corrected chi connectivity index (χ0v) is 9.55. The van der Waals surface area contributed by atoms with Gasteiger partial charge in [0.1, 0.15) is 23.6 Å². The Balaban J connectivity index is 3.05. The van der Waals surface area contributed by atoms with Crippen molar-refractivity contribution in [3.05, 3.63) is 23.8 Å². The molecule has 0 heterocycles. The van der Waals surface area contributed by atoms with E-state index in [9.17, 15) is 15.0 Å². The minimum absolute atomic E-state index is 0.0690. The first-order valence-electron chi connectivity index (χ1n) is 5.29. The molecule has 0 unspecified atom stereocenters. The van der Waals surface area contributed by atoms with Crippen LogP contribution in [-0.4, -0.2) is 34.1 Å². The fraction of sp³-hybridized carbons (Fsp3) is 0.333. The van der Waals surface area contributed by atoms with E-state index >= 15 is 0 Å². The van der Waals surface area contributed by atoms with Crippen LogP contribution in [0.15, 0.2) is 18.2 Å². The Hall–Kier alpha value is -2.22. The van der Waals surface area contributed by atoms with Crippen LogP contribution in [0.25, 0.3) is 0 Å². The molecule has 1 aromatic carbocycles. The van der Waals surface area contributed by atoms with Crippen molar-refractivity contribution in [2.45, 2.75) is 13.3 Å². The highest BCUT2D eigenvalue weighted by Crippen LogP contribution is 2.27. The van der Waals surface area contributed by atoms with Crippen molar-refractivity contribution in [3.63, 3.8) is 0 Å². The smallest absolute Gasteiger partial charge is 0.262 e. The van der Waals surface area contributed by atoms with Crippen LogP contribution in [0.3, 0.4) is 0 Å². The molecule has 5 heteroatoms. The summed E-state index contributed by atoms with van der Waals surface area (Å²) < 4.78 is 0. The molecule has 0 saturated carbocycles. The van der Waals surface area contributed by atoms with Crippen molar-refractivity contribution in [3.8, 4) is 17.6 Å². The summed E-state index contributed by atoms with van der Waals surface area (Å²) in [6, 6.07) is 5.97. The second kappa shape index (κ2) is 5.75. The molecule has 1 aromatic rings. The van der Waals surface area contributed by atoms with Gasteiger partial charge >= 0.3 is 0 Å². The van der Waals surface area contributed by atoms with E-state index in [0.29, 0.717) is 13.0 Å². The minimum atomic E-state index is -0.538. The van der Waals surface area contributed by atoms with Crippen LogP contribution in [0, 0.1) is 11.3 Å². The van der Waals surface area contributed by atoms with Crippen LogP contribution in [0.1, 0.15) is 23.7 Å². The summed E-state index contributed by atoms with van der Waals surface area (Å²) in [6.07, 6.45) is 0.696. The average molecular weight is 234 g/mol. The number of nitrogens with zero attached hydrogens (tertiary/aromatic N) is 2. The zero-order chi connectivity index (χ0) is 12.8. The molecule has 0 aliphatic rings. The van der Waals surface area contributed by atoms with Gasteiger partial charge in [-0.15, -0.1) is 0 Å². The standard InChI is InChI=1S/C12H14N2O3/c1-2-7-14(8-6-13)12(17)11-9(15)4-3-5-10(11)16/h3-5,15-16H,2,7-8H2,1H3. The Bertz CT molecular complexity index is 431. The van der Waals surface area contributed by atoms with Crippen LogP contribution in [0.2, 0.25) is 0 Å². The Kier molecular flexibility index (Phi) is 4.35. The molecule has 0 spiro atoms. The third-order valence-corrected chi connectivity index (χ3v) is 2.28. The summed E-state index contributed by atoms with van der Waals surface area (Å²) in [5, 5.41) is 27.7. The van der Waals surface area contributed by atoms with Crippen LogP contribution in [0.5, 0.6) is 11.5 Å². The maximum atomic E-state index is 12.0. The summed E-state index contributed by atoms with van der Waals surface area (Å²) in [6.45, 7) is 2.21. The molecule has 0 bridgehead atoms. The molecule has 0 radical (unpaired) electrons. The quantitative estimate of drug-likeness (QED) is 0.772. The van der Waals surface area contributed by atoms with Gasteiger partial charge in [-0.3, -0.25) is 4.79 Å². The Labute approximate surface area is 99.5 Å². The van der Waals surface area contributed by atoms with E-state index in [1.807, 2.05) is 13.0 Å². The van der Waals surface area contributed by atoms with E-state index < -0.39 is 5.91 Å². The highest BCUT2D eigenvalue weighted by Gasteiger charge is 2.21. The maximum absolute atomic E-state index is 12.0. The van der Waals surface area contributed by atoms with Gasteiger partial charge < -0.3 is 15.1 Å². The first kappa shape index (κ1) is 12.8. The van der Waals surface area contributed by atoms with E-state index in [-0.39, 0.29) is 23.6 Å². The summed E-state index contributed by atoms with van der Waals surface area (Å²) in [5.41, 5.74) is -0.156. The van der Waals surface area contributed by atoms with Crippen LogP contribution >= 0.6 is 0 Å². The first-order valence-corrected chi connectivity index (χ1v) is 5.29. The molecular weight excluding hydrogens is 220 g/mol. The monoisotopic (exact) mass is 234 g/mol. The summed E-state index contributed by atoms with van der Waals surface area (Å²) >= 11 is 0. The predicted molar refractivity (Wildman–Crippen MR) is 61.6 cm³/mol. The lowest BCUT2D eigenvalue weighted by molar-refractivity contribution is 0.0770. The van der Waals surface area contributed by atoms with Crippen molar-refractivity contribution in [2.24, 2.45) is 0 Å². The Morgan fingerprint density at radius 2 is 2.00 bits per heavy atom. The molecule has 1 amide bonds. The van der Waals surface area contributed by atoms with Crippen molar-refractivity contribution in [1.29, 1.82) is 5.26 Å². The molecule has 0 atom stereocenters. The lowest BCUT2D eigenvalue weighted by atomic mass is 10.1. The van der Waals surface area contributed by atoms with Gasteiger partial charge in [-0.2, -0.15) is 5.26 Å². The van der Waals surface area contributed by atoms with E-state index in [1.54, 1.807) is 0 Å². The third kappa shape index (κ3) is 2.88. The van der Waals surface area contributed by atoms with Crippen molar-refractivity contribution >= 4 is 5.91 Å². The Morgan fingerprint density at radius 3 is 2.47 bits per heavy atom. The second-order valence-corrected chi connectivity index (χ2v) is 3.56. The van der Waals surface area contributed by atoms with Gasteiger partial charge in [-0.25, -0.2) is 0 Å². The first-order chi connectivity index (χ1) is 8.11. The number of aromatic hydroxyl groups is 2.